The summed E-state index contributed by atoms with van der Waals surface area (Å²) in [5.41, 5.74) is 3.35. The molecule has 3 aromatic carbocycles. The molecule has 150 valence electrons. The average molecular weight is 403 g/mol. The van der Waals surface area contributed by atoms with Crippen LogP contribution in [0.5, 0.6) is 0 Å². The molecule has 30 heavy (non-hydrogen) atoms. The number of hydrogen-bond donors (Lipinski definition) is 0. The van der Waals surface area contributed by atoms with Gasteiger partial charge in [0, 0.05) is 14.1 Å². The third kappa shape index (κ3) is 2.50. The highest BCUT2D eigenvalue weighted by atomic mass is 19.1. The number of para-hydroxylation sites is 4. The molecule has 0 saturated carbocycles. The Morgan fingerprint density at radius 2 is 1.10 bits per heavy atom. The number of hydrogen-bond acceptors (Lipinski definition) is 5. The first kappa shape index (κ1) is 18.3. The number of fused-ring (bicyclic) bond motifs is 2. The smallest absolute Gasteiger partial charge is 0.167 e. The van der Waals surface area contributed by atoms with Crippen LogP contribution < -0.4 is 19.6 Å². The molecule has 0 aliphatic carbocycles. The SMILES string of the molecule is CN1CN(c2cc(N3CN(C)c4ccccc43)c(F)c(C#N)c2F)c2ccccc21. The van der Waals surface area contributed by atoms with E-state index in [1.165, 1.54) is 6.07 Å². The quantitative estimate of drug-likeness (QED) is 0.607. The lowest BCUT2D eigenvalue weighted by molar-refractivity contribution is 0.575. The summed E-state index contributed by atoms with van der Waals surface area (Å²) in [5.74, 6) is -1.69. The topological polar surface area (TPSA) is 36.8 Å². The Bertz CT molecular complexity index is 1120. The molecule has 2 aliphatic rings. The molecule has 0 radical (unpaired) electrons. The molecule has 3 aromatic rings. The van der Waals surface area contributed by atoms with E-state index in [-0.39, 0.29) is 11.4 Å². The monoisotopic (exact) mass is 403 g/mol. The molecule has 0 amide bonds. The molecule has 0 N–H and O–H groups in total. The van der Waals surface area contributed by atoms with Crippen molar-refractivity contribution in [3.63, 3.8) is 0 Å². The highest BCUT2D eigenvalue weighted by Crippen LogP contribution is 2.46. The van der Waals surface area contributed by atoms with Gasteiger partial charge < -0.3 is 19.6 Å². The van der Waals surface area contributed by atoms with Crippen molar-refractivity contribution in [2.45, 2.75) is 0 Å². The van der Waals surface area contributed by atoms with Crippen LogP contribution in [-0.2, 0) is 0 Å². The van der Waals surface area contributed by atoms with Gasteiger partial charge in [-0.25, -0.2) is 8.78 Å². The summed E-state index contributed by atoms with van der Waals surface area (Å²) < 4.78 is 30.6. The van der Waals surface area contributed by atoms with Crippen molar-refractivity contribution in [1.82, 2.24) is 0 Å². The number of halogens is 2. The van der Waals surface area contributed by atoms with Gasteiger partial charge in [0.25, 0.3) is 0 Å². The van der Waals surface area contributed by atoms with E-state index >= 15 is 8.78 Å². The standard InChI is InChI=1S/C23H19F2N5/c1-27-13-29(18-9-5-3-7-16(18)27)20-11-21(23(25)15(12-26)22(20)24)30-14-28(2)17-8-4-6-10-19(17)30/h3-11H,13-14H2,1-2H3. The summed E-state index contributed by atoms with van der Waals surface area (Å²) in [6, 6.07) is 18.5. The Labute approximate surface area is 173 Å². The van der Waals surface area contributed by atoms with Gasteiger partial charge in [-0.05, 0) is 30.3 Å². The Hall–Kier alpha value is -3.79. The van der Waals surface area contributed by atoms with Gasteiger partial charge in [-0.3, -0.25) is 0 Å². The van der Waals surface area contributed by atoms with Crippen molar-refractivity contribution in [1.29, 1.82) is 5.26 Å². The highest BCUT2D eigenvalue weighted by molar-refractivity contribution is 5.87. The molecule has 0 atom stereocenters. The van der Waals surface area contributed by atoms with Gasteiger partial charge in [0.1, 0.15) is 11.6 Å². The maximum Gasteiger partial charge on any atom is 0.167 e. The van der Waals surface area contributed by atoms with Crippen LogP contribution in [0.3, 0.4) is 0 Å². The van der Waals surface area contributed by atoms with Crippen molar-refractivity contribution in [2.75, 3.05) is 47.0 Å². The van der Waals surface area contributed by atoms with Gasteiger partial charge in [-0.2, -0.15) is 5.26 Å². The van der Waals surface area contributed by atoms with E-state index in [4.69, 9.17) is 0 Å². The third-order valence-electron chi connectivity index (χ3n) is 5.73. The first-order chi connectivity index (χ1) is 14.5. The molecule has 0 spiro atoms. The van der Waals surface area contributed by atoms with E-state index in [0.717, 1.165) is 22.7 Å². The maximum atomic E-state index is 15.3. The molecule has 2 heterocycles. The van der Waals surface area contributed by atoms with E-state index < -0.39 is 17.2 Å². The fourth-order valence-corrected chi connectivity index (χ4v) is 4.27. The predicted molar refractivity (Wildman–Crippen MR) is 115 cm³/mol. The van der Waals surface area contributed by atoms with E-state index in [1.807, 2.05) is 72.4 Å². The van der Waals surface area contributed by atoms with E-state index in [1.54, 1.807) is 15.9 Å². The Balaban J connectivity index is 1.70. The second-order valence-electron chi connectivity index (χ2n) is 7.54. The normalized spacial score (nSPS) is 14.8. The fourth-order valence-electron chi connectivity index (χ4n) is 4.27. The molecule has 0 bridgehead atoms. The van der Waals surface area contributed by atoms with Crippen LogP contribution in [0, 0.1) is 23.0 Å². The van der Waals surface area contributed by atoms with Gasteiger partial charge in [0.2, 0.25) is 0 Å². The van der Waals surface area contributed by atoms with Crippen LogP contribution >= 0.6 is 0 Å². The minimum absolute atomic E-state index is 0.187. The maximum absolute atomic E-state index is 15.3. The fraction of sp³-hybridized carbons (Fsp3) is 0.174. The first-order valence-corrected chi connectivity index (χ1v) is 9.58. The predicted octanol–water partition coefficient (Wildman–Crippen LogP) is 4.93. The second-order valence-corrected chi connectivity index (χ2v) is 7.54. The summed E-state index contributed by atoms with van der Waals surface area (Å²) in [5, 5.41) is 9.54. The Kier molecular flexibility index (Phi) is 4.03. The zero-order chi connectivity index (χ0) is 21.0. The van der Waals surface area contributed by atoms with Crippen molar-refractivity contribution in [3.05, 3.63) is 71.8 Å². The zero-order valence-corrected chi connectivity index (χ0v) is 16.6. The summed E-state index contributed by atoms with van der Waals surface area (Å²) in [6.07, 6.45) is 0. The van der Waals surface area contributed by atoms with Crippen LogP contribution in [0.4, 0.5) is 42.9 Å². The molecule has 2 aliphatic heterocycles. The largest absolute Gasteiger partial charge is 0.355 e. The van der Waals surface area contributed by atoms with Crippen LogP contribution in [0.1, 0.15) is 5.56 Å². The number of nitrogens with zero attached hydrogens (tertiary/aromatic N) is 5. The lowest BCUT2D eigenvalue weighted by Gasteiger charge is -2.25. The van der Waals surface area contributed by atoms with Gasteiger partial charge in [-0.1, -0.05) is 24.3 Å². The number of benzene rings is 3. The minimum atomic E-state index is -0.843. The van der Waals surface area contributed by atoms with Gasteiger partial charge in [-0.15, -0.1) is 0 Å². The van der Waals surface area contributed by atoms with Crippen molar-refractivity contribution >= 4 is 34.1 Å². The van der Waals surface area contributed by atoms with Crippen LogP contribution in [0.25, 0.3) is 0 Å². The van der Waals surface area contributed by atoms with E-state index in [2.05, 4.69) is 0 Å². The Morgan fingerprint density at radius 3 is 1.50 bits per heavy atom. The minimum Gasteiger partial charge on any atom is -0.355 e. The molecule has 0 aromatic heterocycles. The Morgan fingerprint density at radius 1 is 0.700 bits per heavy atom. The molecule has 0 saturated heterocycles. The van der Waals surface area contributed by atoms with Crippen molar-refractivity contribution in [2.24, 2.45) is 0 Å². The molecule has 7 heteroatoms. The van der Waals surface area contributed by atoms with E-state index in [0.29, 0.717) is 13.3 Å². The summed E-state index contributed by atoms with van der Waals surface area (Å²) in [4.78, 5) is 7.53. The van der Waals surface area contributed by atoms with Crippen LogP contribution in [0.15, 0.2) is 54.6 Å². The van der Waals surface area contributed by atoms with Gasteiger partial charge in [0.15, 0.2) is 11.6 Å². The molecule has 5 rings (SSSR count). The summed E-state index contributed by atoms with van der Waals surface area (Å²) >= 11 is 0. The molecule has 0 fully saturated rings. The summed E-state index contributed by atoms with van der Waals surface area (Å²) in [7, 11) is 3.83. The number of rotatable bonds is 2. The number of nitriles is 1. The summed E-state index contributed by atoms with van der Waals surface area (Å²) in [6.45, 7) is 0.811. The lowest BCUT2D eigenvalue weighted by atomic mass is 10.1. The number of anilines is 6. The van der Waals surface area contributed by atoms with Crippen LogP contribution in [0.2, 0.25) is 0 Å². The van der Waals surface area contributed by atoms with Gasteiger partial charge in [0.05, 0.1) is 47.5 Å². The molecule has 5 nitrogen and oxygen atoms in total. The molecular formula is C23H19F2N5. The third-order valence-corrected chi connectivity index (χ3v) is 5.73. The zero-order valence-electron chi connectivity index (χ0n) is 16.6. The average Bonchev–Trinajstić information content (AvgIpc) is 3.27. The van der Waals surface area contributed by atoms with Crippen molar-refractivity contribution in [3.8, 4) is 6.07 Å². The van der Waals surface area contributed by atoms with Gasteiger partial charge >= 0.3 is 0 Å². The molecular weight excluding hydrogens is 384 g/mol. The molecule has 0 unspecified atom stereocenters. The highest BCUT2D eigenvalue weighted by Gasteiger charge is 2.33. The van der Waals surface area contributed by atoms with E-state index in [9.17, 15) is 5.26 Å². The van der Waals surface area contributed by atoms with Crippen molar-refractivity contribution < 1.29 is 8.78 Å². The second kappa shape index (κ2) is 6.63. The van der Waals surface area contributed by atoms with Crippen LogP contribution in [-0.4, -0.2) is 27.4 Å². The first-order valence-electron chi connectivity index (χ1n) is 9.58. The lowest BCUT2D eigenvalue weighted by Crippen LogP contribution is -2.27.